The Morgan fingerprint density at radius 3 is 2.71 bits per heavy atom. The van der Waals surface area contributed by atoms with Gasteiger partial charge in [0.15, 0.2) is 0 Å². The number of aliphatic hydroxyl groups excluding tert-OH is 1. The highest BCUT2D eigenvalue weighted by molar-refractivity contribution is 5.89. The Kier molecular flexibility index (Phi) is 5.20. The number of nitrogens with one attached hydrogen (secondary N) is 1. The average molecular weight is 292 g/mol. The maximum Gasteiger partial charge on any atom is 0.322 e. The lowest BCUT2D eigenvalue weighted by molar-refractivity contribution is -0.0357. The molecule has 1 saturated heterocycles. The van der Waals surface area contributed by atoms with Crippen LogP contribution in [0.3, 0.4) is 0 Å². The molecule has 1 fully saturated rings. The molecule has 1 aromatic rings. The zero-order chi connectivity index (χ0) is 15.4. The normalized spacial score (nSPS) is 23.7. The third-order valence-electron chi connectivity index (χ3n) is 3.84. The third-order valence-corrected chi connectivity index (χ3v) is 3.84. The first-order chi connectivity index (χ1) is 10.0. The van der Waals surface area contributed by atoms with Crippen molar-refractivity contribution >= 4 is 11.7 Å². The van der Waals surface area contributed by atoms with Gasteiger partial charge in [-0.3, -0.25) is 0 Å². The largest absolute Gasteiger partial charge is 0.389 e. The van der Waals surface area contributed by atoms with Gasteiger partial charge in [-0.1, -0.05) is 19.1 Å². The van der Waals surface area contributed by atoms with Crippen molar-refractivity contribution in [3.8, 4) is 0 Å². The van der Waals surface area contributed by atoms with E-state index in [-0.39, 0.29) is 18.2 Å². The SMILES string of the molecule is CCC1COC(C)CN1C(=O)Nc1ccc(C(C)O)cc1. The summed E-state index contributed by atoms with van der Waals surface area (Å²) in [7, 11) is 0. The predicted molar refractivity (Wildman–Crippen MR) is 82.3 cm³/mol. The van der Waals surface area contributed by atoms with Crippen LogP contribution in [0.25, 0.3) is 0 Å². The minimum atomic E-state index is -0.501. The number of anilines is 1. The van der Waals surface area contributed by atoms with Crippen LogP contribution in [0.1, 0.15) is 38.9 Å². The van der Waals surface area contributed by atoms with E-state index in [1.807, 2.05) is 36.1 Å². The van der Waals surface area contributed by atoms with Crippen LogP contribution in [-0.2, 0) is 4.74 Å². The monoisotopic (exact) mass is 292 g/mol. The van der Waals surface area contributed by atoms with Gasteiger partial charge in [-0.15, -0.1) is 0 Å². The minimum Gasteiger partial charge on any atom is -0.389 e. The summed E-state index contributed by atoms with van der Waals surface area (Å²) in [6, 6.07) is 7.29. The summed E-state index contributed by atoms with van der Waals surface area (Å²) in [5.41, 5.74) is 1.57. The predicted octanol–water partition coefficient (Wildman–Crippen LogP) is 2.77. The lowest BCUT2D eigenvalue weighted by atomic mass is 10.1. The molecule has 2 N–H and O–H groups in total. The van der Waals surface area contributed by atoms with Crippen molar-refractivity contribution < 1.29 is 14.6 Å². The molecule has 1 aromatic carbocycles. The van der Waals surface area contributed by atoms with E-state index in [0.29, 0.717) is 13.2 Å². The van der Waals surface area contributed by atoms with Gasteiger partial charge in [0.05, 0.1) is 24.9 Å². The fourth-order valence-electron chi connectivity index (χ4n) is 2.47. The first-order valence-corrected chi connectivity index (χ1v) is 7.48. The molecule has 0 saturated carbocycles. The van der Waals surface area contributed by atoms with Crippen molar-refractivity contribution in [1.82, 2.24) is 4.90 Å². The van der Waals surface area contributed by atoms with E-state index in [1.165, 1.54) is 0 Å². The van der Waals surface area contributed by atoms with Crippen LogP contribution < -0.4 is 5.32 Å². The van der Waals surface area contributed by atoms with Crippen LogP contribution in [0.2, 0.25) is 0 Å². The van der Waals surface area contributed by atoms with Crippen molar-refractivity contribution in [1.29, 1.82) is 0 Å². The molecule has 0 bridgehead atoms. The number of ether oxygens (including phenoxy) is 1. The number of benzene rings is 1. The second-order valence-electron chi connectivity index (χ2n) is 5.59. The molecule has 1 aliphatic rings. The first-order valence-electron chi connectivity index (χ1n) is 7.48. The number of carbonyl (C=O) groups is 1. The number of rotatable bonds is 3. The van der Waals surface area contributed by atoms with Crippen LogP contribution in [0.4, 0.5) is 10.5 Å². The molecular weight excluding hydrogens is 268 g/mol. The standard InChI is InChI=1S/C16H24N2O3/c1-4-15-10-21-11(2)9-18(15)16(20)17-14-7-5-13(6-8-14)12(3)19/h5-8,11-12,15,19H,4,9-10H2,1-3H3,(H,17,20). The molecule has 3 atom stereocenters. The lowest BCUT2D eigenvalue weighted by Gasteiger charge is -2.38. The van der Waals surface area contributed by atoms with Crippen molar-refractivity contribution in [3.63, 3.8) is 0 Å². The van der Waals surface area contributed by atoms with Gasteiger partial charge in [0.25, 0.3) is 0 Å². The first kappa shape index (κ1) is 15.8. The molecule has 2 rings (SSSR count). The average Bonchev–Trinajstić information content (AvgIpc) is 2.47. The van der Waals surface area contributed by atoms with Gasteiger partial charge >= 0.3 is 6.03 Å². The van der Waals surface area contributed by atoms with E-state index in [2.05, 4.69) is 12.2 Å². The molecule has 0 spiro atoms. The van der Waals surface area contributed by atoms with Crippen LogP contribution in [0.5, 0.6) is 0 Å². The van der Waals surface area contributed by atoms with Gasteiger partial charge in [-0.05, 0) is 38.0 Å². The molecular formula is C16H24N2O3. The Morgan fingerprint density at radius 1 is 1.48 bits per heavy atom. The van der Waals surface area contributed by atoms with Crippen LogP contribution in [0, 0.1) is 0 Å². The zero-order valence-corrected chi connectivity index (χ0v) is 12.9. The topological polar surface area (TPSA) is 61.8 Å². The maximum absolute atomic E-state index is 12.4. The van der Waals surface area contributed by atoms with E-state index in [4.69, 9.17) is 4.74 Å². The molecule has 0 radical (unpaired) electrons. The number of nitrogens with zero attached hydrogens (tertiary/aromatic N) is 1. The van der Waals surface area contributed by atoms with Crippen molar-refractivity contribution in [3.05, 3.63) is 29.8 Å². The maximum atomic E-state index is 12.4. The van der Waals surface area contributed by atoms with E-state index in [9.17, 15) is 9.90 Å². The van der Waals surface area contributed by atoms with E-state index >= 15 is 0 Å². The highest BCUT2D eigenvalue weighted by Gasteiger charge is 2.29. The van der Waals surface area contributed by atoms with Gasteiger partial charge in [-0.2, -0.15) is 0 Å². The number of carbonyl (C=O) groups excluding carboxylic acids is 1. The van der Waals surface area contributed by atoms with Crippen molar-refractivity contribution in [2.75, 3.05) is 18.5 Å². The molecule has 5 nitrogen and oxygen atoms in total. The molecule has 1 aliphatic heterocycles. The number of urea groups is 1. The Labute approximate surface area is 125 Å². The van der Waals surface area contributed by atoms with Gasteiger partial charge in [0.1, 0.15) is 0 Å². The minimum absolute atomic E-state index is 0.0659. The second-order valence-corrected chi connectivity index (χ2v) is 5.59. The van der Waals surface area contributed by atoms with E-state index in [0.717, 1.165) is 17.7 Å². The van der Waals surface area contributed by atoms with Gasteiger partial charge in [-0.25, -0.2) is 4.79 Å². The fraction of sp³-hybridized carbons (Fsp3) is 0.562. The molecule has 2 amide bonds. The second kappa shape index (κ2) is 6.91. The summed E-state index contributed by atoms with van der Waals surface area (Å²) in [5.74, 6) is 0. The Hall–Kier alpha value is -1.59. The summed E-state index contributed by atoms with van der Waals surface area (Å²) >= 11 is 0. The van der Waals surface area contributed by atoms with Crippen molar-refractivity contribution in [2.45, 2.75) is 45.4 Å². The number of morpholine rings is 1. The van der Waals surface area contributed by atoms with E-state index < -0.39 is 6.10 Å². The van der Waals surface area contributed by atoms with Crippen molar-refractivity contribution in [2.24, 2.45) is 0 Å². The molecule has 0 aromatic heterocycles. The number of hydrogen-bond acceptors (Lipinski definition) is 3. The summed E-state index contributed by atoms with van der Waals surface area (Å²) in [6.45, 7) is 6.95. The van der Waals surface area contributed by atoms with E-state index in [1.54, 1.807) is 6.92 Å². The quantitative estimate of drug-likeness (QED) is 0.900. The molecule has 5 heteroatoms. The Bertz CT molecular complexity index is 473. The summed E-state index contributed by atoms with van der Waals surface area (Å²) in [5, 5.41) is 12.4. The zero-order valence-electron chi connectivity index (χ0n) is 12.9. The highest BCUT2D eigenvalue weighted by Crippen LogP contribution is 2.19. The molecule has 0 aliphatic carbocycles. The van der Waals surface area contributed by atoms with Crippen LogP contribution >= 0.6 is 0 Å². The smallest absolute Gasteiger partial charge is 0.322 e. The Morgan fingerprint density at radius 2 is 2.14 bits per heavy atom. The van der Waals surface area contributed by atoms with Gasteiger partial charge in [0, 0.05) is 12.2 Å². The van der Waals surface area contributed by atoms with Crippen LogP contribution in [0.15, 0.2) is 24.3 Å². The fourth-order valence-corrected chi connectivity index (χ4v) is 2.47. The summed E-state index contributed by atoms with van der Waals surface area (Å²) in [6.07, 6.45) is 0.441. The Balaban J connectivity index is 2.02. The number of aliphatic hydroxyl groups is 1. The molecule has 1 heterocycles. The number of amides is 2. The molecule has 3 unspecified atom stereocenters. The molecule has 116 valence electrons. The van der Waals surface area contributed by atoms with Crippen LogP contribution in [-0.4, -0.2) is 41.3 Å². The number of hydrogen-bond donors (Lipinski definition) is 2. The lowest BCUT2D eigenvalue weighted by Crippen LogP contribution is -2.52. The molecule has 21 heavy (non-hydrogen) atoms. The summed E-state index contributed by atoms with van der Waals surface area (Å²) < 4.78 is 5.60. The van der Waals surface area contributed by atoms with Gasteiger partial charge < -0.3 is 20.1 Å². The highest BCUT2D eigenvalue weighted by atomic mass is 16.5. The van der Waals surface area contributed by atoms with Gasteiger partial charge in [0.2, 0.25) is 0 Å². The third kappa shape index (κ3) is 3.95. The summed E-state index contributed by atoms with van der Waals surface area (Å²) in [4.78, 5) is 14.3.